The van der Waals surface area contributed by atoms with Crippen LogP contribution in [0.3, 0.4) is 0 Å². The molecule has 0 aliphatic heterocycles. The molecule has 0 radical (unpaired) electrons. The third-order valence-electron chi connectivity index (χ3n) is 1.47. The molecule has 0 spiro atoms. The second-order valence-corrected chi connectivity index (χ2v) is 2.18. The monoisotopic (exact) mass is 149 g/mol. The summed E-state index contributed by atoms with van der Waals surface area (Å²) >= 11 is 0. The second-order valence-electron chi connectivity index (χ2n) is 2.18. The fraction of sp³-hybridized carbons (Fsp3) is 0.300. The molecule has 0 amide bonds. The summed E-state index contributed by atoms with van der Waals surface area (Å²) in [5, 5.41) is 0. The zero-order chi connectivity index (χ0) is 8.69. The molecule has 0 N–H and O–H groups in total. The maximum atomic E-state index is 4.11. The summed E-state index contributed by atoms with van der Waals surface area (Å²) in [6.07, 6.45) is 7.61. The van der Waals surface area contributed by atoms with E-state index in [9.17, 15) is 0 Å². The van der Waals surface area contributed by atoms with Crippen LogP contribution in [0.2, 0.25) is 0 Å². The highest BCUT2D eigenvalue weighted by Crippen LogP contribution is 1.97. The van der Waals surface area contributed by atoms with Crippen molar-refractivity contribution in [2.24, 2.45) is 4.99 Å². The van der Waals surface area contributed by atoms with Crippen LogP contribution in [0.25, 0.3) is 0 Å². The van der Waals surface area contributed by atoms with Gasteiger partial charge in [0.25, 0.3) is 0 Å². The standard InChI is InChI=1S/C10H15N/c1-5-7-8-10(11-4)9(3)6-2/h5-8H,1H2,2-4H3/b8-7-,9-6-,11-10?. The van der Waals surface area contributed by atoms with Crippen molar-refractivity contribution in [1.82, 2.24) is 0 Å². The van der Waals surface area contributed by atoms with Crippen LogP contribution in [0.15, 0.2) is 41.4 Å². The van der Waals surface area contributed by atoms with Gasteiger partial charge in [-0.15, -0.1) is 0 Å². The fourth-order valence-electron chi connectivity index (χ4n) is 0.689. The number of hydrogen-bond acceptors (Lipinski definition) is 1. The van der Waals surface area contributed by atoms with Crippen molar-refractivity contribution in [3.05, 3.63) is 36.5 Å². The molecule has 0 aromatic carbocycles. The number of allylic oxidation sites excluding steroid dienone is 5. The molecule has 11 heavy (non-hydrogen) atoms. The van der Waals surface area contributed by atoms with E-state index < -0.39 is 0 Å². The van der Waals surface area contributed by atoms with Gasteiger partial charge in [0.2, 0.25) is 0 Å². The lowest BCUT2D eigenvalue weighted by atomic mass is 10.1. The quantitative estimate of drug-likeness (QED) is 0.432. The van der Waals surface area contributed by atoms with E-state index in [-0.39, 0.29) is 0 Å². The van der Waals surface area contributed by atoms with Gasteiger partial charge < -0.3 is 0 Å². The highest BCUT2D eigenvalue weighted by Gasteiger charge is 1.91. The van der Waals surface area contributed by atoms with E-state index in [0.29, 0.717) is 0 Å². The summed E-state index contributed by atoms with van der Waals surface area (Å²) < 4.78 is 0. The molecular weight excluding hydrogens is 134 g/mol. The molecule has 0 rings (SSSR count). The third kappa shape index (κ3) is 3.56. The van der Waals surface area contributed by atoms with E-state index in [0.717, 1.165) is 5.71 Å². The van der Waals surface area contributed by atoms with E-state index in [2.05, 4.69) is 11.6 Å². The normalized spacial score (nSPS) is 14.1. The Labute approximate surface area is 68.9 Å². The molecule has 0 aromatic heterocycles. The minimum atomic E-state index is 1.01. The summed E-state index contributed by atoms with van der Waals surface area (Å²) in [6.45, 7) is 7.63. The Morgan fingerprint density at radius 1 is 1.45 bits per heavy atom. The van der Waals surface area contributed by atoms with Crippen molar-refractivity contribution >= 4 is 5.71 Å². The van der Waals surface area contributed by atoms with Gasteiger partial charge in [-0.3, -0.25) is 4.99 Å². The summed E-state index contributed by atoms with van der Waals surface area (Å²) in [7, 11) is 1.79. The zero-order valence-electron chi connectivity index (χ0n) is 7.46. The number of nitrogens with zero attached hydrogens (tertiary/aromatic N) is 1. The van der Waals surface area contributed by atoms with Crippen LogP contribution in [0.1, 0.15) is 13.8 Å². The first-order chi connectivity index (χ1) is 5.26. The van der Waals surface area contributed by atoms with Crippen LogP contribution in [0.4, 0.5) is 0 Å². The molecule has 0 aromatic rings. The van der Waals surface area contributed by atoms with Crippen LogP contribution >= 0.6 is 0 Å². The topological polar surface area (TPSA) is 12.4 Å². The Morgan fingerprint density at radius 3 is 2.45 bits per heavy atom. The first kappa shape index (κ1) is 9.89. The molecule has 0 aliphatic rings. The van der Waals surface area contributed by atoms with Gasteiger partial charge in [0.1, 0.15) is 0 Å². The molecule has 1 heteroatoms. The minimum Gasteiger partial charge on any atom is -0.288 e. The maximum absolute atomic E-state index is 4.11. The largest absolute Gasteiger partial charge is 0.288 e. The molecule has 0 unspecified atom stereocenters. The maximum Gasteiger partial charge on any atom is 0.0596 e. The van der Waals surface area contributed by atoms with Gasteiger partial charge in [0.15, 0.2) is 0 Å². The van der Waals surface area contributed by atoms with Crippen LogP contribution in [0.5, 0.6) is 0 Å². The highest BCUT2D eigenvalue weighted by atomic mass is 14.7. The smallest absolute Gasteiger partial charge is 0.0596 e. The zero-order valence-corrected chi connectivity index (χ0v) is 7.46. The molecule has 0 aliphatic carbocycles. The van der Waals surface area contributed by atoms with Crippen molar-refractivity contribution in [2.45, 2.75) is 13.8 Å². The first-order valence-electron chi connectivity index (χ1n) is 3.65. The molecule has 60 valence electrons. The van der Waals surface area contributed by atoms with E-state index in [1.807, 2.05) is 32.1 Å². The van der Waals surface area contributed by atoms with Gasteiger partial charge >= 0.3 is 0 Å². The molecule has 0 fully saturated rings. The summed E-state index contributed by atoms with van der Waals surface area (Å²) in [4.78, 5) is 4.11. The van der Waals surface area contributed by atoms with Crippen molar-refractivity contribution in [3.8, 4) is 0 Å². The van der Waals surface area contributed by atoms with E-state index >= 15 is 0 Å². The van der Waals surface area contributed by atoms with Crippen molar-refractivity contribution in [3.63, 3.8) is 0 Å². The second kappa shape index (κ2) is 5.66. The lowest BCUT2D eigenvalue weighted by Crippen LogP contribution is -1.94. The number of aliphatic imine (C=N–C) groups is 1. The first-order valence-corrected chi connectivity index (χ1v) is 3.65. The Bertz CT molecular complexity index is 207. The lowest BCUT2D eigenvalue weighted by molar-refractivity contribution is 1.40. The van der Waals surface area contributed by atoms with Gasteiger partial charge in [-0.25, -0.2) is 0 Å². The van der Waals surface area contributed by atoms with Crippen molar-refractivity contribution in [1.29, 1.82) is 0 Å². The average molecular weight is 149 g/mol. The Morgan fingerprint density at radius 2 is 2.09 bits per heavy atom. The van der Waals surface area contributed by atoms with Gasteiger partial charge in [-0.05, 0) is 25.5 Å². The predicted molar refractivity (Wildman–Crippen MR) is 52.1 cm³/mol. The number of hydrogen-bond donors (Lipinski definition) is 0. The van der Waals surface area contributed by atoms with E-state index in [1.165, 1.54) is 5.57 Å². The highest BCUT2D eigenvalue weighted by molar-refractivity contribution is 6.07. The van der Waals surface area contributed by atoms with E-state index in [1.54, 1.807) is 13.1 Å². The molecule has 0 heterocycles. The Balaban J connectivity index is 4.44. The van der Waals surface area contributed by atoms with E-state index in [4.69, 9.17) is 0 Å². The van der Waals surface area contributed by atoms with Crippen molar-refractivity contribution in [2.75, 3.05) is 7.05 Å². The summed E-state index contributed by atoms with van der Waals surface area (Å²) in [6, 6.07) is 0. The molecule has 0 saturated carbocycles. The third-order valence-corrected chi connectivity index (χ3v) is 1.47. The van der Waals surface area contributed by atoms with Crippen LogP contribution in [-0.2, 0) is 0 Å². The van der Waals surface area contributed by atoms with Crippen LogP contribution in [0, 0.1) is 0 Å². The van der Waals surface area contributed by atoms with Crippen LogP contribution < -0.4 is 0 Å². The Hall–Kier alpha value is -1.11. The summed E-state index contributed by atoms with van der Waals surface area (Å²) in [5.74, 6) is 0. The van der Waals surface area contributed by atoms with Crippen molar-refractivity contribution < 1.29 is 0 Å². The fourth-order valence-corrected chi connectivity index (χ4v) is 0.689. The predicted octanol–water partition coefficient (Wildman–Crippen LogP) is 2.77. The molecule has 1 nitrogen and oxygen atoms in total. The van der Waals surface area contributed by atoms with Gasteiger partial charge in [-0.1, -0.05) is 24.8 Å². The average Bonchev–Trinajstić information content (AvgIpc) is 2.05. The number of rotatable bonds is 3. The van der Waals surface area contributed by atoms with Crippen LogP contribution in [-0.4, -0.2) is 12.8 Å². The SMILES string of the molecule is C=C/C=C\C(=NC)/C(C)=C\C. The van der Waals surface area contributed by atoms with Gasteiger partial charge in [0, 0.05) is 7.05 Å². The lowest BCUT2D eigenvalue weighted by Gasteiger charge is -1.96. The van der Waals surface area contributed by atoms with Gasteiger partial charge in [0.05, 0.1) is 5.71 Å². The molecular formula is C10H15N. The van der Waals surface area contributed by atoms with Gasteiger partial charge in [-0.2, -0.15) is 0 Å². The molecule has 0 bridgehead atoms. The minimum absolute atomic E-state index is 1.01. The summed E-state index contributed by atoms with van der Waals surface area (Å²) in [5.41, 5.74) is 2.19. The molecule has 0 saturated heterocycles. The Kier molecular flexibility index (Phi) is 5.09. The molecule has 0 atom stereocenters.